The van der Waals surface area contributed by atoms with Crippen LogP contribution in [0.2, 0.25) is 0 Å². The summed E-state index contributed by atoms with van der Waals surface area (Å²) in [5.74, 6) is 0. The Morgan fingerprint density at radius 3 is 2.86 bits per heavy atom. The molecule has 14 heavy (non-hydrogen) atoms. The lowest BCUT2D eigenvalue weighted by molar-refractivity contribution is 0.193. The molecule has 0 bridgehead atoms. The van der Waals surface area contributed by atoms with Crippen molar-refractivity contribution >= 4 is 17.3 Å². The van der Waals surface area contributed by atoms with Crippen LogP contribution in [0.4, 0.5) is 0 Å². The topological polar surface area (TPSA) is 33.3 Å². The quantitative estimate of drug-likeness (QED) is 0.383. The van der Waals surface area contributed by atoms with Gasteiger partial charge in [-0.1, -0.05) is 6.08 Å². The lowest BCUT2D eigenvalue weighted by atomic mass is 10.3. The van der Waals surface area contributed by atoms with Crippen molar-refractivity contribution in [1.82, 2.24) is 10.6 Å². The van der Waals surface area contributed by atoms with Crippen LogP contribution < -0.4 is 10.6 Å². The highest BCUT2D eigenvalue weighted by Crippen LogP contribution is 1.87. The molecule has 1 unspecified atom stereocenters. The van der Waals surface area contributed by atoms with E-state index in [-0.39, 0.29) is 6.04 Å². The standard InChI is InChI=1S/C10H20N2OS/c1-4-9(2)12-10(14)11-7-5-6-8-13-3/h4,9H,1,5-8H2,2-3H3,(H2,11,12,14). The molecule has 0 rings (SSSR count). The molecule has 4 heteroatoms. The molecular weight excluding hydrogens is 196 g/mol. The second kappa shape index (κ2) is 8.97. The Labute approximate surface area is 91.9 Å². The van der Waals surface area contributed by atoms with Gasteiger partial charge in [-0.25, -0.2) is 0 Å². The lowest BCUT2D eigenvalue weighted by Crippen LogP contribution is -2.40. The summed E-state index contributed by atoms with van der Waals surface area (Å²) < 4.78 is 4.94. The van der Waals surface area contributed by atoms with E-state index in [0.717, 1.165) is 26.0 Å². The number of rotatable bonds is 7. The van der Waals surface area contributed by atoms with Gasteiger partial charge in [-0.15, -0.1) is 6.58 Å². The maximum Gasteiger partial charge on any atom is 0.166 e. The van der Waals surface area contributed by atoms with Crippen LogP contribution in [0, 0.1) is 0 Å². The minimum atomic E-state index is 0.217. The van der Waals surface area contributed by atoms with Crippen molar-refractivity contribution in [1.29, 1.82) is 0 Å². The van der Waals surface area contributed by atoms with Crippen molar-refractivity contribution in [3.05, 3.63) is 12.7 Å². The molecule has 82 valence electrons. The number of unbranched alkanes of at least 4 members (excludes halogenated alkanes) is 1. The predicted octanol–water partition coefficient (Wildman–Crippen LogP) is 1.45. The first-order valence-corrected chi connectivity index (χ1v) is 5.27. The molecule has 0 saturated heterocycles. The van der Waals surface area contributed by atoms with Crippen LogP contribution in [0.15, 0.2) is 12.7 Å². The molecule has 0 spiro atoms. The van der Waals surface area contributed by atoms with Crippen LogP contribution in [-0.2, 0) is 4.74 Å². The SMILES string of the molecule is C=CC(C)NC(=S)NCCCCOC. The van der Waals surface area contributed by atoms with Crippen molar-refractivity contribution in [2.75, 3.05) is 20.3 Å². The summed E-state index contributed by atoms with van der Waals surface area (Å²) in [5.41, 5.74) is 0. The molecule has 0 aliphatic carbocycles. The van der Waals surface area contributed by atoms with Gasteiger partial charge in [0.15, 0.2) is 5.11 Å². The van der Waals surface area contributed by atoms with Crippen LogP contribution in [0.25, 0.3) is 0 Å². The zero-order valence-electron chi connectivity index (χ0n) is 9.01. The van der Waals surface area contributed by atoms with Gasteiger partial charge in [0.1, 0.15) is 0 Å². The maximum absolute atomic E-state index is 5.07. The predicted molar refractivity (Wildman–Crippen MR) is 64.5 cm³/mol. The summed E-state index contributed by atoms with van der Waals surface area (Å²) in [5, 5.41) is 6.90. The first kappa shape index (κ1) is 13.4. The fourth-order valence-electron chi connectivity index (χ4n) is 0.890. The fraction of sp³-hybridized carbons (Fsp3) is 0.700. The van der Waals surface area contributed by atoms with E-state index in [9.17, 15) is 0 Å². The monoisotopic (exact) mass is 216 g/mol. The van der Waals surface area contributed by atoms with Crippen LogP contribution in [0.1, 0.15) is 19.8 Å². The van der Waals surface area contributed by atoms with Crippen molar-refractivity contribution < 1.29 is 4.74 Å². The summed E-state index contributed by atoms with van der Waals surface area (Å²) in [6.07, 6.45) is 3.94. The largest absolute Gasteiger partial charge is 0.385 e. The smallest absolute Gasteiger partial charge is 0.166 e. The molecule has 2 N–H and O–H groups in total. The zero-order valence-corrected chi connectivity index (χ0v) is 9.82. The van der Waals surface area contributed by atoms with Gasteiger partial charge < -0.3 is 15.4 Å². The average molecular weight is 216 g/mol. The number of ether oxygens (including phenoxy) is 1. The third-order valence-corrected chi connectivity index (χ3v) is 2.04. The molecule has 0 aromatic heterocycles. The average Bonchev–Trinajstić information content (AvgIpc) is 2.17. The Morgan fingerprint density at radius 1 is 1.57 bits per heavy atom. The first-order chi connectivity index (χ1) is 6.70. The minimum Gasteiger partial charge on any atom is -0.385 e. The summed E-state index contributed by atoms with van der Waals surface area (Å²) in [6, 6.07) is 0.217. The summed E-state index contributed by atoms with van der Waals surface area (Å²) >= 11 is 5.07. The van der Waals surface area contributed by atoms with E-state index in [0.29, 0.717) is 5.11 Å². The van der Waals surface area contributed by atoms with E-state index in [2.05, 4.69) is 17.2 Å². The number of hydrogen-bond donors (Lipinski definition) is 2. The Morgan fingerprint density at radius 2 is 2.29 bits per heavy atom. The van der Waals surface area contributed by atoms with E-state index in [1.165, 1.54) is 0 Å². The number of methoxy groups -OCH3 is 1. The number of thiocarbonyl (C=S) groups is 1. The second-order valence-corrected chi connectivity index (χ2v) is 3.53. The Balaban J connectivity index is 3.31. The molecule has 0 aliphatic heterocycles. The number of hydrogen-bond acceptors (Lipinski definition) is 2. The fourth-order valence-corrected chi connectivity index (χ4v) is 1.18. The second-order valence-electron chi connectivity index (χ2n) is 3.12. The minimum absolute atomic E-state index is 0.217. The molecule has 0 aromatic rings. The van der Waals surface area contributed by atoms with E-state index in [1.54, 1.807) is 7.11 Å². The van der Waals surface area contributed by atoms with Gasteiger partial charge in [-0.3, -0.25) is 0 Å². The number of nitrogens with one attached hydrogen (secondary N) is 2. The van der Waals surface area contributed by atoms with Crippen LogP contribution >= 0.6 is 12.2 Å². The van der Waals surface area contributed by atoms with Gasteiger partial charge in [-0.05, 0) is 32.0 Å². The van der Waals surface area contributed by atoms with Gasteiger partial charge in [-0.2, -0.15) is 0 Å². The van der Waals surface area contributed by atoms with Crippen LogP contribution in [0.5, 0.6) is 0 Å². The van der Waals surface area contributed by atoms with E-state index in [1.807, 2.05) is 13.0 Å². The third-order valence-electron chi connectivity index (χ3n) is 1.77. The summed E-state index contributed by atoms with van der Waals surface area (Å²) in [7, 11) is 1.71. The lowest BCUT2D eigenvalue weighted by Gasteiger charge is -2.13. The van der Waals surface area contributed by atoms with Gasteiger partial charge in [0, 0.05) is 26.3 Å². The molecule has 0 radical (unpaired) electrons. The van der Waals surface area contributed by atoms with Gasteiger partial charge >= 0.3 is 0 Å². The molecule has 1 atom stereocenters. The molecule has 0 heterocycles. The van der Waals surface area contributed by atoms with Crippen LogP contribution in [-0.4, -0.2) is 31.4 Å². The molecule has 3 nitrogen and oxygen atoms in total. The zero-order chi connectivity index (χ0) is 10.8. The molecule has 0 aromatic carbocycles. The third kappa shape index (κ3) is 8.01. The Kier molecular flexibility index (Phi) is 8.57. The normalized spacial score (nSPS) is 11.9. The van der Waals surface area contributed by atoms with Crippen molar-refractivity contribution in [3.63, 3.8) is 0 Å². The van der Waals surface area contributed by atoms with E-state index in [4.69, 9.17) is 17.0 Å². The van der Waals surface area contributed by atoms with Gasteiger partial charge in [0.25, 0.3) is 0 Å². The molecule has 0 aliphatic rings. The Bertz CT molecular complexity index is 174. The van der Waals surface area contributed by atoms with Gasteiger partial charge in [0.2, 0.25) is 0 Å². The highest BCUT2D eigenvalue weighted by Gasteiger charge is 1.97. The van der Waals surface area contributed by atoms with Gasteiger partial charge in [0.05, 0.1) is 0 Å². The van der Waals surface area contributed by atoms with Crippen molar-refractivity contribution in [2.45, 2.75) is 25.8 Å². The van der Waals surface area contributed by atoms with Crippen molar-refractivity contribution in [2.24, 2.45) is 0 Å². The van der Waals surface area contributed by atoms with E-state index < -0.39 is 0 Å². The maximum atomic E-state index is 5.07. The Hall–Kier alpha value is -0.610. The van der Waals surface area contributed by atoms with E-state index >= 15 is 0 Å². The molecule has 0 fully saturated rings. The molecule has 0 saturated carbocycles. The molecule has 0 amide bonds. The van der Waals surface area contributed by atoms with Crippen molar-refractivity contribution in [3.8, 4) is 0 Å². The summed E-state index contributed by atoms with van der Waals surface area (Å²) in [6.45, 7) is 7.37. The highest BCUT2D eigenvalue weighted by molar-refractivity contribution is 7.80. The first-order valence-electron chi connectivity index (χ1n) is 4.86. The summed E-state index contributed by atoms with van der Waals surface area (Å²) in [4.78, 5) is 0. The molecular formula is C10H20N2OS. The highest BCUT2D eigenvalue weighted by atomic mass is 32.1. The van der Waals surface area contributed by atoms with Crippen LogP contribution in [0.3, 0.4) is 0 Å².